The minimum Gasteiger partial charge on any atom is -0.382 e. The van der Waals surface area contributed by atoms with Crippen molar-refractivity contribution in [1.82, 2.24) is 14.1 Å². The van der Waals surface area contributed by atoms with Crippen molar-refractivity contribution in [2.24, 2.45) is 10.2 Å². The molecule has 8 nitrogen and oxygen atoms in total. The standard InChI is InChI=1S/C20H24N6O2S/c1-4-25(5-2)29(27,28)18-13-11-16(12-14-18)22-23-19-15(3)24-26(20(19)21)17-9-7-6-8-10-17/h6-14H,4-5,21H2,1-3H3. The Morgan fingerprint density at radius 3 is 2.21 bits per heavy atom. The number of hydrogen-bond donors (Lipinski definition) is 1. The zero-order chi connectivity index (χ0) is 21.0. The molecule has 0 unspecified atom stereocenters. The molecule has 0 bridgehead atoms. The van der Waals surface area contributed by atoms with Crippen molar-refractivity contribution in [3.8, 4) is 5.69 Å². The van der Waals surface area contributed by atoms with Gasteiger partial charge in [-0.2, -0.15) is 14.5 Å². The number of aryl methyl sites for hydroxylation is 1. The lowest BCUT2D eigenvalue weighted by Crippen LogP contribution is -2.30. The fourth-order valence-electron chi connectivity index (χ4n) is 2.93. The minimum absolute atomic E-state index is 0.229. The lowest BCUT2D eigenvalue weighted by atomic mass is 10.3. The largest absolute Gasteiger partial charge is 0.382 e. The maximum Gasteiger partial charge on any atom is 0.243 e. The van der Waals surface area contributed by atoms with Gasteiger partial charge in [0.05, 0.1) is 22.0 Å². The molecule has 2 N–H and O–H groups in total. The molecule has 0 spiro atoms. The predicted octanol–water partition coefficient (Wildman–Crippen LogP) is 4.21. The Bertz CT molecular complexity index is 1100. The molecule has 29 heavy (non-hydrogen) atoms. The van der Waals surface area contributed by atoms with Crippen LogP contribution in [-0.2, 0) is 10.0 Å². The molecule has 0 amide bonds. The van der Waals surface area contributed by atoms with Crippen LogP contribution in [0.15, 0.2) is 69.7 Å². The number of nitrogens with zero attached hydrogens (tertiary/aromatic N) is 5. The van der Waals surface area contributed by atoms with Crippen LogP contribution < -0.4 is 5.73 Å². The minimum atomic E-state index is -3.50. The highest BCUT2D eigenvalue weighted by Gasteiger charge is 2.21. The van der Waals surface area contributed by atoms with Gasteiger partial charge in [0, 0.05) is 13.1 Å². The van der Waals surface area contributed by atoms with Gasteiger partial charge in [-0.3, -0.25) is 0 Å². The van der Waals surface area contributed by atoms with Gasteiger partial charge in [-0.25, -0.2) is 13.1 Å². The summed E-state index contributed by atoms with van der Waals surface area (Å²) in [6.45, 7) is 6.27. The molecule has 0 saturated heterocycles. The number of rotatable bonds is 7. The number of hydrogen-bond acceptors (Lipinski definition) is 6. The molecule has 1 aromatic heterocycles. The van der Waals surface area contributed by atoms with Crippen LogP contribution in [0.4, 0.5) is 17.2 Å². The highest BCUT2D eigenvalue weighted by atomic mass is 32.2. The van der Waals surface area contributed by atoms with Crippen molar-refractivity contribution in [3.05, 3.63) is 60.3 Å². The summed E-state index contributed by atoms with van der Waals surface area (Å²) in [7, 11) is -3.50. The fraction of sp³-hybridized carbons (Fsp3) is 0.250. The highest BCUT2D eigenvalue weighted by molar-refractivity contribution is 7.89. The van der Waals surface area contributed by atoms with Crippen molar-refractivity contribution in [2.75, 3.05) is 18.8 Å². The van der Waals surface area contributed by atoms with E-state index in [0.29, 0.717) is 36.0 Å². The van der Waals surface area contributed by atoms with Crippen molar-refractivity contribution in [3.63, 3.8) is 0 Å². The molecule has 3 aromatic rings. The second-order valence-corrected chi connectivity index (χ2v) is 8.29. The van der Waals surface area contributed by atoms with Gasteiger partial charge in [0.15, 0.2) is 11.5 Å². The Kier molecular flexibility index (Phi) is 6.09. The maximum atomic E-state index is 12.6. The second kappa shape index (κ2) is 8.54. The van der Waals surface area contributed by atoms with Crippen molar-refractivity contribution >= 4 is 27.2 Å². The molecule has 0 radical (unpaired) electrons. The van der Waals surface area contributed by atoms with Crippen LogP contribution in [0.25, 0.3) is 5.69 Å². The maximum absolute atomic E-state index is 12.6. The van der Waals surface area contributed by atoms with Gasteiger partial charge in [0.1, 0.15) is 0 Å². The van der Waals surface area contributed by atoms with Gasteiger partial charge in [-0.05, 0) is 43.3 Å². The number of azo groups is 1. The van der Waals surface area contributed by atoms with E-state index in [2.05, 4.69) is 15.3 Å². The average Bonchev–Trinajstić information content (AvgIpc) is 3.01. The number of benzene rings is 2. The molecule has 1 heterocycles. The van der Waals surface area contributed by atoms with Crippen molar-refractivity contribution < 1.29 is 8.42 Å². The third-order valence-electron chi connectivity index (χ3n) is 4.51. The fourth-order valence-corrected chi connectivity index (χ4v) is 4.39. The number of anilines is 1. The lowest BCUT2D eigenvalue weighted by Gasteiger charge is -2.18. The van der Waals surface area contributed by atoms with E-state index in [9.17, 15) is 8.42 Å². The molecule has 0 saturated carbocycles. The van der Waals surface area contributed by atoms with E-state index >= 15 is 0 Å². The van der Waals surface area contributed by atoms with E-state index in [-0.39, 0.29) is 4.90 Å². The molecule has 0 aliphatic heterocycles. The molecular weight excluding hydrogens is 388 g/mol. The highest BCUT2D eigenvalue weighted by Crippen LogP contribution is 2.30. The van der Waals surface area contributed by atoms with Crippen LogP contribution in [0, 0.1) is 6.92 Å². The number of sulfonamides is 1. The monoisotopic (exact) mass is 412 g/mol. The first-order chi connectivity index (χ1) is 13.9. The van der Waals surface area contributed by atoms with Crippen LogP contribution in [0.5, 0.6) is 0 Å². The molecule has 3 rings (SSSR count). The smallest absolute Gasteiger partial charge is 0.243 e. The molecule has 9 heteroatoms. The summed E-state index contributed by atoms with van der Waals surface area (Å²) < 4.78 is 28.1. The molecular formula is C20H24N6O2S. The number of aromatic nitrogens is 2. The van der Waals surface area contributed by atoms with Crippen LogP contribution in [0.1, 0.15) is 19.5 Å². The van der Waals surface area contributed by atoms with Crippen LogP contribution in [0.3, 0.4) is 0 Å². The van der Waals surface area contributed by atoms with Gasteiger partial charge in [-0.1, -0.05) is 32.0 Å². The van der Waals surface area contributed by atoms with E-state index in [0.717, 1.165) is 5.69 Å². The quantitative estimate of drug-likeness (QED) is 0.587. The van der Waals surface area contributed by atoms with Gasteiger partial charge in [0.25, 0.3) is 0 Å². The zero-order valence-electron chi connectivity index (χ0n) is 16.6. The van der Waals surface area contributed by atoms with Crippen molar-refractivity contribution in [2.45, 2.75) is 25.7 Å². The molecule has 0 aliphatic rings. The summed E-state index contributed by atoms with van der Waals surface area (Å²) in [6, 6.07) is 15.8. The SMILES string of the molecule is CCN(CC)S(=O)(=O)c1ccc(N=Nc2c(C)nn(-c3ccccc3)c2N)cc1. The number of para-hydroxylation sites is 1. The number of nitrogens with two attached hydrogens (primary N) is 1. The van der Waals surface area contributed by atoms with E-state index in [1.807, 2.05) is 51.1 Å². The second-order valence-electron chi connectivity index (χ2n) is 6.35. The number of nitrogen functional groups attached to an aromatic ring is 1. The normalized spacial score (nSPS) is 12.1. The third-order valence-corrected chi connectivity index (χ3v) is 6.57. The van der Waals surface area contributed by atoms with E-state index in [4.69, 9.17) is 5.73 Å². The van der Waals surface area contributed by atoms with E-state index in [1.54, 1.807) is 16.8 Å². The van der Waals surface area contributed by atoms with Crippen LogP contribution in [0.2, 0.25) is 0 Å². The van der Waals surface area contributed by atoms with Gasteiger partial charge < -0.3 is 5.73 Å². The molecule has 2 aromatic carbocycles. The molecule has 152 valence electrons. The summed E-state index contributed by atoms with van der Waals surface area (Å²) in [6.07, 6.45) is 0. The average molecular weight is 413 g/mol. The molecule has 0 fully saturated rings. The Balaban J connectivity index is 1.85. The Hall–Kier alpha value is -3.04. The predicted molar refractivity (Wildman–Crippen MR) is 113 cm³/mol. The summed E-state index contributed by atoms with van der Waals surface area (Å²) in [4.78, 5) is 0.229. The van der Waals surface area contributed by atoms with Crippen LogP contribution >= 0.6 is 0 Å². The first-order valence-corrected chi connectivity index (χ1v) is 10.7. The summed E-state index contributed by atoms with van der Waals surface area (Å²) >= 11 is 0. The topological polar surface area (TPSA) is 106 Å². The first kappa shape index (κ1) is 20.7. The Morgan fingerprint density at radius 2 is 1.62 bits per heavy atom. The first-order valence-electron chi connectivity index (χ1n) is 9.31. The third kappa shape index (κ3) is 4.20. The zero-order valence-corrected chi connectivity index (χ0v) is 17.5. The Morgan fingerprint density at radius 1 is 1.00 bits per heavy atom. The van der Waals surface area contributed by atoms with Crippen LogP contribution in [-0.4, -0.2) is 35.6 Å². The van der Waals surface area contributed by atoms with Gasteiger partial charge in [0.2, 0.25) is 10.0 Å². The molecule has 0 atom stereocenters. The lowest BCUT2D eigenvalue weighted by molar-refractivity contribution is 0.445. The van der Waals surface area contributed by atoms with Crippen molar-refractivity contribution in [1.29, 1.82) is 0 Å². The van der Waals surface area contributed by atoms with E-state index < -0.39 is 10.0 Å². The Labute approximate surface area is 170 Å². The van der Waals surface area contributed by atoms with Gasteiger partial charge >= 0.3 is 0 Å². The molecule has 0 aliphatic carbocycles. The van der Waals surface area contributed by atoms with E-state index in [1.165, 1.54) is 16.4 Å². The summed E-state index contributed by atoms with van der Waals surface area (Å²) in [5, 5.41) is 12.9. The van der Waals surface area contributed by atoms with Gasteiger partial charge in [-0.15, -0.1) is 5.11 Å². The summed E-state index contributed by atoms with van der Waals surface area (Å²) in [5.41, 5.74) is 8.69. The summed E-state index contributed by atoms with van der Waals surface area (Å²) in [5.74, 6) is 0.387.